The van der Waals surface area contributed by atoms with E-state index in [1.165, 1.54) is 0 Å². The molecule has 140 valence electrons. The van der Waals surface area contributed by atoms with Gasteiger partial charge in [-0.15, -0.1) is 12.4 Å². The van der Waals surface area contributed by atoms with Gasteiger partial charge in [-0.2, -0.15) is 0 Å². The van der Waals surface area contributed by atoms with E-state index in [1.54, 1.807) is 12.1 Å². The Kier molecular flexibility index (Phi) is 7.91. The third-order valence-electron chi connectivity index (χ3n) is 4.27. The minimum absolute atomic E-state index is 0. The van der Waals surface area contributed by atoms with Crippen LogP contribution in [0.4, 0.5) is 0 Å². The largest absolute Gasteiger partial charge is 0.491 e. The second kappa shape index (κ2) is 10.2. The molecule has 0 radical (unpaired) electrons. The van der Waals surface area contributed by atoms with Gasteiger partial charge in [-0.1, -0.05) is 36.4 Å². The summed E-state index contributed by atoms with van der Waals surface area (Å²) < 4.78 is 11.3. The molecule has 1 aliphatic heterocycles. The number of amides is 1. The van der Waals surface area contributed by atoms with Crippen LogP contribution in [-0.2, 0) is 4.74 Å². The Morgan fingerprint density at radius 3 is 2.77 bits per heavy atom. The number of hydrogen-bond acceptors (Lipinski definition) is 4. The lowest BCUT2D eigenvalue weighted by Crippen LogP contribution is -2.31. The maximum Gasteiger partial charge on any atom is 0.251 e. The summed E-state index contributed by atoms with van der Waals surface area (Å²) in [4.78, 5) is 12.3. The zero-order chi connectivity index (χ0) is 17.5. The molecule has 3 rings (SSSR count). The Labute approximate surface area is 160 Å². The highest BCUT2D eigenvalue weighted by Crippen LogP contribution is 2.17. The number of benzene rings is 2. The van der Waals surface area contributed by atoms with Crippen LogP contribution < -0.4 is 15.8 Å². The Morgan fingerprint density at radius 2 is 2.04 bits per heavy atom. The Balaban J connectivity index is 0.00000243. The maximum absolute atomic E-state index is 12.3. The maximum atomic E-state index is 12.3. The zero-order valence-corrected chi connectivity index (χ0v) is 15.4. The fourth-order valence-electron chi connectivity index (χ4n) is 2.81. The summed E-state index contributed by atoms with van der Waals surface area (Å²) in [6.45, 7) is 1.70. The molecule has 0 aliphatic carbocycles. The molecule has 5 nitrogen and oxygen atoms in total. The van der Waals surface area contributed by atoms with Gasteiger partial charge in [0, 0.05) is 24.8 Å². The average Bonchev–Trinajstić information content (AvgIpc) is 3.19. The van der Waals surface area contributed by atoms with Crippen molar-refractivity contribution in [2.24, 2.45) is 5.73 Å². The molecule has 1 aliphatic rings. The lowest BCUT2D eigenvalue weighted by atomic mass is 10.1. The van der Waals surface area contributed by atoms with E-state index >= 15 is 0 Å². The molecule has 2 aromatic carbocycles. The third kappa shape index (κ3) is 5.73. The lowest BCUT2D eigenvalue weighted by Gasteiger charge is -2.14. The smallest absolute Gasteiger partial charge is 0.251 e. The second-order valence-corrected chi connectivity index (χ2v) is 6.20. The van der Waals surface area contributed by atoms with E-state index in [9.17, 15) is 4.79 Å². The summed E-state index contributed by atoms with van der Waals surface area (Å²) in [7, 11) is 0. The van der Waals surface area contributed by atoms with Crippen molar-refractivity contribution in [2.75, 3.05) is 19.8 Å². The van der Waals surface area contributed by atoms with Crippen molar-refractivity contribution in [1.82, 2.24) is 5.32 Å². The van der Waals surface area contributed by atoms with Crippen molar-refractivity contribution in [3.8, 4) is 5.75 Å². The Bertz CT molecular complexity index is 690. The Hall–Kier alpha value is -2.08. The first-order chi connectivity index (χ1) is 12.2. The van der Waals surface area contributed by atoms with Crippen molar-refractivity contribution in [1.29, 1.82) is 0 Å². The van der Waals surface area contributed by atoms with Gasteiger partial charge in [-0.25, -0.2) is 0 Å². The molecule has 0 bridgehead atoms. The summed E-state index contributed by atoms with van der Waals surface area (Å²) >= 11 is 0. The topological polar surface area (TPSA) is 73.6 Å². The van der Waals surface area contributed by atoms with E-state index in [4.69, 9.17) is 15.2 Å². The summed E-state index contributed by atoms with van der Waals surface area (Å²) in [6, 6.07) is 16.7. The van der Waals surface area contributed by atoms with E-state index in [-0.39, 0.29) is 30.5 Å². The van der Waals surface area contributed by atoms with Crippen LogP contribution in [0.1, 0.15) is 34.8 Å². The van der Waals surface area contributed by atoms with Gasteiger partial charge in [0.05, 0.1) is 6.10 Å². The van der Waals surface area contributed by atoms with Crippen LogP contribution in [-0.4, -0.2) is 31.8 Å². The van der Waals surface area contributed by atoms with E-state index in [0.717, 1.165) is 25.0 Å². The van der Waals surface area contributed by atoms with Crippen LogP contribution in [0.25, 0.3) is 0 Å². The highest BCUT2D eigenvalue weighted by molar-refractivity contribution is 5.94. The van der Waals surface area contributed by atoms with Gasteiger partial charge in [0.2, 0.25) is 0 Å². The second-order valence-electron chi connectivity index (χ2n) is 6.20. The molecule has 2 atom stereocenters. The number of hydrogen-bond donors (Lipinski definition) is 2. The summed E-state index contributed by atoms with van der Waals surface area (Å²) in [6.07, 6.45) is 2.26. The monoisotopic (exact) mass is 376 g/mol. The van der Waals surface area contributed by atoms with Crippen LogP contribution in [0, 0.1) is 0 Å². The van der Waals surface area contributed by atoms with Gasteiger partial charge in [0.25, 0.3) is 5.91 Å². The molecule has 1 saturated heterocycles. The van der Waals surface area contributed by atoms with E-state index in [1.807, 2.05) is 42.5 Å². The van der Waals surface area contributed by atoms with Crippen molar-refractivity contribution >= 4 is 18.3 Å². The quantitative estimate of drug-likeness (QED) is 0.778. The number of nitrogens with one attached hydrogen (secondary N) is 1. The van der Waals surface area contributed by atoms with Gasteiger partial charge >= 0.3 is 0 Å². The number of carbonyl (C=O) groups is 1. The van der Waals surface area contributed by atoms with Crippen molar-refractivity contribution < 1.29 is 14.3 Å². The highest BCUT2D eigenvalue weighted by Gasteiger charge is 2.16. The van der Waals surface area contributed by atoms with Gasteiger partial charge in [-0.3, -0.25) is 4.79 Å². The molecular weight excluding hydrogens is 352 g/mol. The molecule has 2 aromatic rings. The molecule has 1 amide bonds. The van der Waals surface area contributed by atoms with Crippen LogP contribution in [0.2, 0.25) is 0 Å². The van der Waals surface area contributed by atoms with Gasteiger partial charge < -0.3 is 20.5 Å². The number of carbonyl (C=O) groups excluding carboxylic acids is 1. The highest BCUT2D eigenvalue weighted by atomic mass is 35.5. The number of ether oxygens (including phenoxy) is 2. The SMILES string of the molecule is Cl.NC(CNC(=O)c1cccc(OCC2CCCO2)c1)c1ccccc1. The first-order valence-electron chi connectivity index (χ1n) is 8.65. The summed E-state index contributed by atoms with van der Waals surface area (Å²) in [5.74, 6) is 0.518. The minimum atomic E-state index is -0.232. The molecular formula is C20H25ClN2O3. The third-order valence-corrected chi connectivity index (χ3v) is 4.27. The first kappa shape index (κ1) is 20.2. The summed E-state index contributed by atoms with van der Waals surface area (Å²) in [5.41, 5.74) is 7.67. The average molecular weight is 377 g/mol. The number of halogens is 1. The van der Waals surface area contributed by atoms with Crippen LogP contribution in [0.3, 0.4) is 0 Å². The molecule has 26 heavy (non-hydrogen) atoms. The van der Waals surface area contributed by atoms with Crippen LogP contribution in [0.5, 0.6) is 5.75 Å². The van der Waals surface area contributed by atoms with Crippen molar-refractivity contribution in [3.05, 3.63) is 65.7 Å². The molecule has 0 spiro atoms. The van der Waals surface area contributed by atoms with E-state index in [0.29, 0.717) is 24.5 Å². The van der Waals surface area contributed by atoms with E-state index in [2.05, 4.69) is 5.32 Å². The molecule has 3 N–H and O–H groups in total. The molecule has 2 unspecified atom stereocenters. The molecule has 1 fully saturated rings. The van der Waals surface area contributed by atoms with Crippen molar-refractivity contribution in [3.63, 3.8) is 0 Å². The van der Waals surface area contributed by atoms with E-state index < -0.39 is 0 Å². The number of rotatable bonds is 7. The fraction of sp³-hybridized carbons (Fsp3) is 0.350. The fourth-order valence-corrected chi connectivity index (χ4v) is 2.81. The predicted molar refractivity (Wildman–Crippen MR) is 104 cm³/mol. The molecule has 0 saturated carbocycles. The number of nitrogens with two attached hydrogens (primary N) is 1. The molecule has 1 heterocycles. The predicted octanol–water partition coefficient (Wildman–Crippen LogP) is 3.10. The van der Waals surface area contributed by atoms with Crippen LogP contribution in [0.15, 0.2) is 54.6 Å². The Morgan fingerprint density at radius 1 is 1.23 bits per heavy atom. The lowest BCUT2D eigenvalue weighted by molar-refractivity contribution is 0.0679. The zero-order valence-electron chi connectivity index (χ0n) is 14.6. The normalized spacial score (nSPS) is 17.2. The minimum Gasteiger partial charge on any atom is -0.491 e. The van der Waals surface area contributed by atoms with Gasteiger partial charge in [-0.05, 0) is 36.6 Å². The van der Waals surface area contributed by atoms with Gasteiger partial charge in [0.1, 0.15) is 12.4 Å². The first-order valence-corrected chi connectivity index (χ1v) is 8.65. The standard InChI is InChI=1S/C20H24N2O3.ClH/c21-19(15-6-2-1-3-7-15)13-22-20(23)16-8-4-9-17(12-16)25-14-18-10-5-11-24-18;/h1-4,6-9,12,18-19H,5,10-11,13-14,21H2,(H,22,23);1H. The summed E-state index contributed by atoms with van der Waals surface area (Å²) in [5, 5.41) is 2.88. The van der Waals surface area contributed by atoms with Gasteiger partial charge in [0.15, 0.2) is 0 Å². The molecule has 6 heteroatoms. The van der Waals surface area contributed by atoms with Crippen molar-refractivity contribution in [2.45, 2.75) is 25.0 Å². The van der Waals surface area contributed by atoms with Crippen LogP contribution >= 0.6 is 12.4 Å². The molecule has 0 aromatic heterocycles.